The molecule has 4 N–H and O–H groups in total. The number of nitrogen functional groups attached to an aromatic ring is 1. The highest BCUT2D eigenvalue weighted by Gasteiger charge is 2.13. The van der Waals surface area contributed by atoms with E-state index in [1.807, 2.05) is 6.92 Å². The van der Waals surface area contributed by atoms with E-state index in [9.17, 15) is 4.79 Å². The molecule has 1 atom stereocenters. The van der Waals surface area contributed by atoms with Gasteiger partial charge in [-0.1, -0.05) is 0 Å². The van der Waals surface area contributed by atoms with Gasteiger partial charge in [0.15, 0.2) is 0 Å². The second-order valence-corrected chi connectivity index (χ2v) is 4.22. The minimum absolute atomic E-state index is 0.140. The fourth-order valence-corrected chi connectivity index (χ4v) is 1.73. The molecule has 2 rings (SSSR count). The molecule has 0 aliphatic rings. The third kappa shape index (κ3) is 3.04. The Morgan fingerprint density at radius 1 is 1.47 bits per heavy atom. The lowest BCUT2D eigenvalue weighted by atomic mass is 10.1. The highest BCUT2D eigenvalue weighted by atomic mass is 16.5. The van der Waals surface area contributed by atoms with Gasteiger partial charge in [-0.3, -0.25) is 9.89 Å². The Bertz CT molecular complexity index is 566. The van der Waals surface area contributed by atoms with E-state index in [4.69, 9.17) is 10.5 Å². The number of carbonyl (C=O) groups excluding carboxylic acids is 1. The molecular formula is C13H16N4O2. The van der Waals surface area contributed by atoms with Crippen LogP contribution in [0.25, 0.3) is 0 Å². The van der Waals surface area contributed by atoms with Gasteiger partial charge in [-0.15, -0.1) is 0 Å². The van der Waals surface area contributed by atoms with Crippen molar-refractivity contribution in [3.8, 4) is 5.75 Å². The van der Waals surface area contributed by atoms with Crippen LogP contribution in [0.1, 0.15) is 28.9 Å². The number of nitrogens with one attached hydrogen (secondary N) is 2. The number of nitrogens with two attached hydrogens (primary N) is 1. The molecule has 0 bridgehead atoms. The van der Waals surface area contributed by atoms with Crippen molar-refractivity contribution >= 4 is 11.6 Å². The number of amides is 1. The molecule has 6 nitrogen and oxygen atoms in total. The SMILES string of the molecule is COc1cc(N)cc(C(=O)NC(C)c2cn[nH]c2)c1. The first-order valence-electron chi connectivity index (χ1n) is 5.84. The first-order valence-corrected chi connectivity index (χ1v) is 5.84. The van der Waals surface area contributed by atoms with Crippen LogP contribution in [0.2, 0.25) is 0 Å². The van der Waals surface area contributed by atoms with E-state index in [1.54, 1.807) is 30.6 Å². The maximum atomic E-state index is 12.1. The van der Waals surface area contributed by atoms with Crippen LogP contribution in [0.5, 0.6) is 5.75 Å². The normalized spacial score (nSPS) is 11.9. The van der Waals surface area contributed by atoms with Crippen LogP contribution in [0.3, 0.4) is 0 Å². The molecule has 1 heterocycles. The van der Waals surface area contributed by atoms with Gasteiger partial charge in [-0.25, -0.2) is 0 Å². The molecular weight excluding hydrogens is 244 g/mol. The summed E-state index contributed by atoms with van der Waals surface area (Å²) in [7, 11) is 1.53. The number of hydrogen-bond acceptors (Lipinski definition) is 4. The topological polar surface area (TPSA) is 93.0 Å². The van der Waals surface area contributed by atoms with Crippen LogP contribution < -0.4 is 15.8 Å². The van der Waals surface area contributed by atoms with Crippen LogP contribution in [0.4, 0.5) is 5.69 Å². The molecule has 0 fully saturated rings. The van der Waals surface area contributed by atoms with Gasteiger partial charge < -0.3 is 15.8 Å². The standard InChI is InChI=1S/C13H16N4O2/c1-8(10-6-15-16-7-10)17-13(18)9-3-11(14)5-12(4-9)19-2/h3-8H,14H2,1-2H3,(H,15,16)(H,17,18). The predicted octanol–water partition coefficient (Wildman–Crippen LogP) is 1.49. The van der Waals surface area contributed by atoms with Gasteiger partial charge in [-0.2, -0.15) is 5.10 Å². The monoisotopic (exact) mass is 260 g/mol. The molecule has 0 aliphatic heterocycles. The molecule has 0 spiro atoms. The molecule has 1 aromatic carbocycles. The Labute approximate surface area is 111 Å². The summed E-state index contributed by atoms with van der Waals surface area (Å²) in [5.74, 6) is 0.348. The second kappa shape index (κ2) is 5.43. The van der Waals surface area contributed by atoms with Crippen LogP contribution in [-0.4, -0.2) is 23.2 Å². The summed E-state index contributed by atoms with van der Waals surface area (Å²) in [6.07, 6.45) is 3.41. The molecule has 100 valence electrons. The number of methoxy groups -OCH3 is 1. The van der Waals surface area contributed by atoms with Gasteiger partial charge in [0.25, 0.3) is 5.91 Å². The van der Waals surface area contributed by atoms with Crippen molar-refractivity contribution in [3.63, 3.8) is 0 Å². The molecule has 1 unspecified atom stereocenters. The van der Waals surface area contributed by atoms with E-state index in [-0.39, 0.29) is 11.9 Å². The van der Waals surface area contributed by atoms with E-state index in [1.165, 1.54) is 7.11 Å². The quantitative estimate of drug-likeness (QED) is 0.726. The molecule has 6 heteroatoms. The van der Waals surface area contributed by atoms with Crippen LogP contribution >= 0.6 is 0 Å². The van der Waals surface area contributed by atoms with Crippen molar-refractivity contribution in [1.29, 1.82) is 0 Å². The van der Waals surface area contributed by atoms with Gasteiger partial charge in [0, 0.05) is 29.1 Å². The van der Waals surface area contributed by atoms with Gasteiger partial charge in [0.2, 0.25) is 0 Å². The zero-order valence-electron chi connectivity index (χ0n) is 10.8. The lowest BCUT2D eigenvalue weighted by molar-refractivity contribution is 0.0939. The van der Waals surface area contributed by atoms with E-state index in [2.05, 4.69) is 15.5 Å². The first kappa shape index (κ1) is 12.9. The number of benzene rings is 1. The summed E-state index contributed by atoms with van der Waals surface area (Å²) >= 11 is 0. The van der Waals surface area contributed by atoms with Gasteiger partial charge in [0.05, 0.1) is 19.3 Å². The van der Waals surface area contributed by atoms with Crippen LogP contribution in [-0.2, 0) is 0 Å². The van der Waals surface area contributed by atoms with Crippen LogP contribution in [0.15, 0.2) is 30.6 Å². The second-order valence-electron chi connectivity index (χ2n) is 4.22. The zero-order chi connectivity index (χ0) is 13.8. The van der Waals surface area contributed by atoms with Gasteiger partial charge in [-0.05, 0) is 19.1 Å². The van der Waals surface area contributed by atoms with Crippen molar-refractivity contribution in [1.82, 2.24) is 15.5 Å². The van der Waals surface area contributed by atoms with E-state index < -0.39 is 0 Å². The van der Waals surface area contributed by atoms with Crippen molar-refractivity contribution in [2.45, 2.75) is 13.0 Å². The lowest BCUT2D eigenvalue weighted by Crippen LogP contribution is -2.26. The fourth-order valence-electron chi connectivity index (χ4n) is 1.73. The molecule has 0 aliphatic carbocycles. The van der Waals surface area contributed by atoms with Crippen molar-refractivity contribution < 1.29 is 9.53 Å². The molecule has 0 saturated heterocycles. The zero-order valence-corrected chi connectivity index (χ0v) is 10.8. The Morgan fingerprint density at radius 3 is 2.89 bits per heavy atom. The predicted molar refractivity (Wildman–Crippen MR) is 71.9 cm³/mol. The average Bonchev–Trinajstić information content (AvgIpc) is 2.91. The van der Waals surface area contributed by atoms with Gasteiger partial charge >= 0.3 is 0 Å². The number of aromatic nitrogens is 2. The Morgan fingerprint density at radius 2 is 2.26 bits per heavy atom. The number of aromatic amines is 1. The summed E-state index contributed by atoms with van der Waals surface area (Å²) in [6, 6.07) is 4.78. The number of nitrogens with zero attached hydrogens (tertiary/aromatic N) is 1. The van der Waals surface area contributed by atoms with Crippen molar-refractivity contribution in [3.05, 3.63) is 41.7 Å². The number of H-pyrrole nitrogens is 1. The van der Waals surface area contributed by atoms with E-state index in [0.717, 1.165) is 5.56 Å². The minimum atomic E-state index is -0.209. The number of carbonyl (C=O) groups is 1. The molecule has 1 aromatic heterocycles. The summed E-state index contributed by atoms with van der Waals surface area (Å²) in [4.78, 5) is 12.1. The number of ether oxygens (including phenoxy) is 1. The number of anilines is 1. The summed E-state index contributed by atoms with van der Waals surface area (Å²) in [6.45, 7) is 1.88. The molecule has 19 heavy (non-hydrogen) atoms. The maximum Gasteiger partial charge on any atom is 0.251 e. The summed E-state index contributed by atoms with van der Waals surface area (Å²) in [5.41, 5.74) is 7.58. The molecule has 0 saturated carbocycles. The van der Waals surface area contributed by atoms with Crippen molar-refractivity contribution in [2.75, 3.05) is 12.8 Å². The summed E-state index contributed by atoms with van der Waals surface area (Å²) < 4.78 is 5.09. The van der Waals surface area contributed by atoms with Gasteiger partial charge in [0.1, 0.15) is 5.75 Å². The third-order valence-corrected chi connectivity index (χ3v) is 2.79. The Balaban J connectivity index is 2.13. The fraction of sp³-hybridized carbons (Fsp3) is 0.231. The summed E-state index contributed by atoms with van der Waals surface area (Å²) in [5, 5.41) is 9.43. The average molecular weight is 260 g/mol. The largest absolute Gasteiger partial charge is 0.497 e. The van der Waals surface area contributed by atoms with E-state index >= 15 is 0 Å². The first-order chi connectivity index (χ1) is 9.10. The van der Waals surface area contributed by atoms with E-state index in [0.29, 0.717) is 17.0 Å². The molecule has 2 aromatic rings. The number of hydrogen-bond donors (Lipinski definition) is 3. The van der Waals surface area contributed by atoms with Crippen molar-refractivity contribution in [2.24, 2.45) is 0 Å². The highest BCUT2D eigenvalue weighted by Crippen LogP contribution is 2.19. The minimum Gasteiger partial charge on any atom is -0.497 e. The smallest absolute Gasteiger partial charge is 0.251 e. The molecule has 1 amide bonds. The van der Waals surface area contributed by atoms with Crippen LogP contribution in [0, 0.1) is 0 Å². The lowest BCUT2D eigenvalue weighted by Gasteiger charge is -2.13. The molecule has 0 radical (unpaired) electrons. The maximum absolute atomic E-state index is 12.1. The number of rotatable bonds is 4. The Kier molecular flexibility index (Phi) is 3.70. The third-order valence-electron chi connectivity index (χ3n) is 2.79. The Hall–Kier alpha value is -2.50. The highest BCUT2D eigenvalue weighted by molar-refractivity contribution is 5.95.